The van der Waals surface area contributed by atoms with Crippen LogP contribution < -0.4 is 15.8 Å². The number of alkyl carbamates (subject to hydrolysis) is 1. The van der Waals surface area contributed by atoms with E-state index in [0.717, 1.165) is 12.1 Å². The highest BCUT2D eigenvalue weighted by molar-refractivity contribution is 7.92. The molecule has 9 nitrogen and oxygen atoms in total. The third kappa shape index (κ3) is 6.10. The van der Waals surface area contributed by atoms with Gasteiger partial charge in [-0.1, -0.05) is 18.2 Å². The predicted molar refractivity (Wildman–Crippen MR) is 111 cm³/mol. The number of pyridine rings is 1. The molecule has 0 radical (unpaired) electrons. The molecule has 1 heterocycles. The van der Waals surface area contributed by atoms with Crippen molar-refractivity contribution < 1.29 is 35.9 Å². The fourth-order valence-electron chi connectivity index (χ4n) is 2.75. The van der Waals surface area contributed by atoms with Gasteiger partial charge < -0.3 is 15.8 Å². The number of primary amides is 1. The number of fused-ring (bicyclic) bond motifs is 1. The van der Waals surface area contributed by atoms with E-state index >= 15 is 0 Å². The van der Waals surface area contributed by atoms with Gasteiger partial charge in [0.2, 0.25) is 0 Å². The lowest BCUT2D eigenvalue weighted by Gasteiger charge is -2.12. The molecular formula is C20H17F3N4O5S. The van der Waals surface area contributed by atoms with Crippen LogP contribution in [0.25, 0.3) is 10.9 Å². The molecule has 0 bridgehead atoms. The summed E-state index contributed by atoms with van der Waals surface area (Å²) < 4.78 is 70.5. The first-order valence-corrected chi connectivity index (χ1v) is 10.7. The van der Waals surface area contributed by atoms with Crippen LogP contribution in [0.1, 0.15) is 11.3 Å². The molecule has 0 unspecified atom stereocenters. The zero-order chi connectivity index (χ0) is 24.2. The zero-order valence-corrected chi connectivity index (χ0v) is 17.5. The monoisotopic (exact) mass is 482 g/mol. The zero-order valence-electron chi connectivity index (χ0n) is 16.7. The van der Waals surface area contributed by atoms with E-state index in [4.69, 9.17) is 5.73 Å². The van der Waals surface area contributed by atoms with Gasteiger partial charge in [0.1, 0.15) is 0 Å². The Hall–Kier alpha value is -3.87. The summed E-state index contributed by atoms with van der Waals surface area (Å²) in [6.45, 7) is -0.680. The quantitative estimate of drug-likeness (QED) is 0.473. The van der Waals surface area contributed by atoms with Crippen LogP contribution >= 0.6 is 0 Å². The summed E-state index contributed by atoms with van der Waals surface area (Å²) in [4.78, 5) is 26.2. The van der Waals surface area contributed by atoms with E-state index in [1.807, 2.05) is 0 Å². The number of sulfonamides is 1. The summed E-state index contributed by atoms with van der Waals surface area (Å²) in [5, 5.41) is 2.94. The Morgan fingerprint density at radius 2 is 1.73 bits per heavy atom. The van der Waals surface area contributed by atoms with Crippen molar-refractivity contribution in [1.29, 1.82) is 0 Å². The molecule has 0 saturated carbocycles. The molecule has 0 atom stereocenters. The van der Waals surface area contributed by atoms with E-state index in [0.29, 0.717) is 23.2 Å². The Labute approximate surface area is 185 Å². The van der Waals surface area contributed by atoms with Crippen LogP contribution in [0, 0.1) is 0 Å². The van der Waals surface area contributed by atoms with Crippen molar-refractivity contribution in [2.24, 2.45) is 5.73 Å². The SMILES string of the molecule is NC(=O)COC(=O)NCc1ccc2cccc(NS(=O)(=O)c3ccc(C(F)(F)F)cc3)c2n1. The molecule has 2 aromatic carbocycles. The number of benzene rings is 2. The van der Waals surface area contributed by atoms with E-state index in [1.165, 1.54) is 6.07 Å². The fourth-order valence-corrected chi connectivity index (χ4v) is 3.81. The molecule has 1 aromatic heterocycles. The molecule has 0 aliphatic heterocycles. The Morgan fingerprint density at radius 3 is 2.36 bits per heavy atom. The Balaban J connectivity index is 1.82. The normalized spacial score (nSPS) is 11.7. The lowest BCUT2D eigenvalue weighted by molar-refractivity contribution is -0.137. The van der Waals surface area contributed by atoms with E-state index in [2.05, 4.69) is 19.8 Å². The molecule has 0 fully saturated rings. The Morgan fingerprint density at radius 1 is 1.03 bits per heavy atom. The second kappa shape index (κ2) is 9.32. The highest BCUT2D eigenvalue weighted by atomic mass is 32.2. The van der Waals surface area contributed by atoms with E-state index < -0.39 is 40.4 Å². The van der Waals surface area contributed by atoms with Crippen molar-refractivity contribution in [2.45, 2.75) is 17.6 Å². The number of carbonyl (C=O) groups is 2. The molecule has 33 heavy (non-hydrogen) atoms. The van der Waals surface area contributed by atoms with Gasteiger partial charge in [-0.2, -0.15) is 13.2 Å². The third-order valence-corrected chi connectivity index (χ3v) is 5.65. The molecule has 2 amide bonds. The number of nitrogens with one attached hydrogen (secondary N) is 2. The molecule has 174 valence electrons. The summed E-state index contributed by atoms with van der Waals surface area (Å²) in [7, 11) is -4.21. The summed E-state index contributed by atoms with van der Waals surface area (Å²) in [5.74, 6) is -0.820. The van der Waals surface area contributed by atoms with Crippen LogP contribution in [0.3, 0.4) is 0 Å². The van der Waals surface area contributed by atoms with E-state index in [1.54, 1.807) is 24.3 Å². The van der Waals surface area contributed by atoms with Crippen molar-refractivity contribution in [3.8, 4) is 0 Å². The van der Waals surface area contributed by atoms with Gasteiger partial charge in [0.05, 0.1) is 33.9 Å². The molecular weight excluding hydrogens is 465 g/mol. The molecule has 3 aromatic rings. The number of amides is 2. The lowest BCUT2D eigenvalue weighted by Crippen LogP contribution is -2.28. The van der Waals surface area contributed by atoms with Gasteiger partial charge in [-0.05, 0) is 36.4 Å². The maximum atomic E-state index is 12.7. The highest BCUT2D eigenvalue weighted by Crippen LogP contribution is 2.30. The number of halogens is 3. The molecule has 0 spiro atoms. The predicted octanol–water partition coefficient (Wildman–Crippen LogP) is 2.77. The van der Waals surface area contributed by atoms with Crippen LogP contribution in [0.4, 0.5) is 23.7 Å². The van der Waals surface area contributed by atoms with Crippen molar-refractivity contribution in [3.05, 3.63) is 65.9 Å². The van der Waals surface area contributed by atoms with Crippen LogP contribution in [-0.2, 0) is 32.3 Å². The Kier molecular flexibility index (Phi) is 6.72. The van der Waals surface area contributed by atoms with E-state index in [9.17, 15) is 31.2 Å². The standard InChI is InChI=1S/C20H17F3N4O5S/c21-20(22,23)13-5-8-15(9-6-13)33(30,31)27-16-3-1-2-12-4-7-14(26-18(12)16)10-25-19(29)32-11-17(24)28/h1-9,27H,10-11H2,(H2,24,28)(H,25,29). The smallest absolute Gasteiger partial charge is 0.416 e. The number of rotatable bonds is 7. The van der Waals surface area contributed by atoms with Gasteiger partial charge in [0.25, 0.3) is 15.9 Å². The molecule has 0 saturated heterocycles. The number of nitrogens with two attached hydrogens (primary N) is 1. The van der Waals surface area contributed by atoms with Gasteiger partial charge in [0, 0.05) is 5.39 Å². The van der Waals surface area contributed by atoms with Crippen LogP contribution in [-0.4, -0.2) is 32.0 Å². The molecule has 13 heteroatoms. The minimum atomic E-state index is -4.59. The number of para-hydroxylation sites is 1. The summed E-state index contributed by atoms with van der Waals surface area (Å²) in [6, 6.07) is 11.0. The number of hydrogen-bond donors (Lipinski definition) is 3. The number of nitrogens with zero attached hydrogens (tertiary/aromatic N) is 1. The first-order valence-electron chi connectivity index (χ1n) is 9.23. The van der Waals surface area contributed by atoms with Crippen LogP contribution in [0.2, 0.25) is 0 Å². The topological polar surface area (TPSA) is 140 Å². The number of aromatic nitrogens is 1. The lowest BCUT2D eigenvalue weighted by atomic mass is 10.2. The maximum Gasteiger partial charge on any atom is 0.416 e. The highest BCUT2D eigenvalue weighted by Gasteiger charge is 2.30. The maximum absolute atomic E-state index is 12.7. The number of anilines is 1. The van der Waals surface area contributed by atoms with Crippen molar-refractivity contribution in [2.75, 3.05) is 11.3 Å². The minimum Gasteiger partial charge on any atom is -0.439 e. The second-order valence-electron chi connectivity index (χ2n) is 6.70. The van der Waals surface area contributed by atoms with Crippen molar-refractivity contribution in [3.63, 3.8) is 0 Å². The van der Waals surface area contributed by atoms with Gasteiger partial charge in [-0.3, -0.25) is 9.52 Å². The van der Waals surface area contributed by atoms with Crippen molar-refractivity contribution in [1.82, 2.24) is 10.3 Å². The molecule has 0 aliphatic rings. The van der Waals surface area contributed by atoms with Crippen LogP contribution in [0.5, 0.6) is 0 Å². The number of hydrogen-bond acceptors (Lipinski definition) is 6. The third-order valence-electron chi connectivity index (χ3n) is 4.27. The van der Waals surface area contributed by atoms with E-state index in [-0.39, 0.29) is 22.6 Å². The first-order chi connectivity index (χ1) is 15.5. The Bertz CT molecular complexity index is 1300. The molecule has 0 aliphatic carbocycles. The van der Waals surface area contributed by atoms with Crippen molar-refractivity contribution >= 4 is 38.6 Å². The molecule has 3 rings (SSSR count). The van der Waals surface area contributed by atoms with Gasteiger partial charge >= 0.3 is 12.3 Å². The average Bonchev–Trinajstić information content (AvgIpc) is 2.76. The second-order valence-corrected chi connectivity index (χ2v) is 8.39. The largest absolute Gasteiger partial charge is 0.439 e. The first kappa shape index (κ1) is 23.8. The number of ether oxygens (including phenoxy) is 1. The summed E-state index contributed by atoms with van der Waals surface area (Å²) in [6.07, 6.45) is -5.49. The average molecular weight is 482 g/mol. The fraction of sp³-hybridized carbons (Fsp3) is 0.150. The molecule has 4 N–H and O–H groups in total. The summed E-state index contributed by atoms with van der Waals surface area (Å²) in [5.41, 5.74) is 4.59. The van der Waals surface area contributed by atoms with Crippen LogP contribution in [0.15, 0.2) is 59.5 Å². The summed E-state index contributed by atoms with van der Waals surface area (Å²) >= 11 is 0. The van der Waals surface area contributed by atoms with Gasteiger partial charge in [-0.15, -0.1) is 0 Å². The number of carbonyl (C=O) groups excluding carboxylic acids is 2. The minimum absolute atomic E-state index is 0.0885. The van der Waals surface area contributed by atoms with Gasteiger partial charge in [-0.25, -0.2) is 18.2 Å². The number of alkyl halides is 3. The van der Waals surface area contributed by atoms with Gasteiger partial charge in [0.15, 0.2) is 6.61 Å².